The molecule has 4 nitrogen and oxygen atoms in total. The fourth-order valence-corrected chi connectivity index (χ4v) is 9.52. The van der Waals surface area contributed by atoms with Crippen LogP contribution >= 0.6 is 19.4 Å². The van der Waals surface area contributed by atoms with E-state index in [1.807, 2.05) is 0 Å². The van der Waals surface area contributed by atoms with Crippen LogP contribution in [0.15, 0.2) is 122 Å². The summed E-state index contributed by atoms with van der Waals surface area (Å²) in [5.74, 6) is 0. The van der Waals surface area contributed by atoms with Gasteiger partial charge in [0.15, 0.2) is 0 Å². The van der Waals surface area contributed by atoms with Crippen LogP contribution in [0.4, 0.5) is 5.69 Å². The van der Waals surface area contributed by atoms with E-state index in [0.717, 1.165) is 0 Å². The molecule has 0 amide bonds. The van der Waals surface area contributed by atoms with Crippen LogP contribution in [-0.2, 0) is 15.1 Å². The Kier molecular flexibility index (Phi) is 17.2. The van der Waals surface area contributed by atoms with Gasteiger partial charge in [-0.2, -0.15) is 37.5 Å². The molecule has 1 aliphatic heterocycles. The maximum absolute atomic E-state index is 4.85. The summed E-state index contributed by atoms with van der Waals surface area (Å²) in [7, 11) is 9.71. The SMILES string of the molecule is C1=C(c2ccccc2)c2ccccc2[CH-][CH-]1.Cc1cc(C)c(-n2ccn(C3CCCCC3)[cH-][cH-]2)c(C)c1.Cc1cc(C)c(N2C=CN(C3CCCCC3)[CH-]2)c(C)c1.[Cl][Ru][Cl]. The maximum atomic E-state index is 4.85. The molecule has 2 saturated carbocycles. The second kappa shape index (κ2) is 22.7. The third-order valence-corrected chi connectivity index (χ3v) is 12.1. The molecule has 3 aliphatic carbocycles. The summed E-state index contributed by atoms with van der Waals surface area (Å²) < 4.78 is 4.65. The fraction of sp³-hybridized carbons (Fsp3) is 0.340. The Balaban J connectivity index is 0.000000147. The molecule has 2 fully saturated rings. The average Bonchev–Trinajstić information content (AvgIpc) is 3.75. The first kappa shape index (κ1) is 45.5. The van der Waals surface area contributed by atoms with Gasteiger partial charge in [0.25, 0.3) is 0 Å². The van der Waals surface area contributed by atoms with Gasteiger partial charge in [-0.3, -0.25) is 6.42 Å². The van der Waals surface area contributed by atoms with Crippen LogP contribution in [0.3, 0.4) is 0 Å². The van der Waals surface area contributed by atoms with E-state index in [-0.39, 0.29) is 15.1 Å². The Bertz CT molecular complexity index is 2140. The van der Waals surface area contributed by atoms with Crippen LogP contribution < -0.4 is 4.90 Å². The molecule has 0 saturated heterocycles. The Hall–Kier alpha value is -4.02. The van der Waals surface area contributed by atoms with Crippen molar-refractivity contribution in [3.63, 3.8) is 0 Å². The van der Waals surface area contributed by atoms with Crippen LogP contribution in [0.1, 0.15) is 120 Å². The van der Waals surface area contributed by atoms with E-state index in [4.69, 9.17) is 19.4 Å². The quantitative estimate of drug-likeness (QED) is 0.129. The molecule has 2 heterocycles. The van der Waals surface area contributed by atoms with Gasteiger partial charge in [-0.1, -0.05) is 127 Å². The third-order valence-electron chi connectivity index (χ3n) is 12.1. The van der Waals surface area contributed by atoms with Gasteiger partial charge in [-0.15, -0.1) is 17.7 Å². The molecule has 0 radical (unpaired) electrons. The monoisotopic (exact) mass is 927 g/mol. The number of rotatable bonds is 5. The van der Waals surface area contributed by atoms with E-state index >= 15 is 0 Å². The standard InChI is InChI=1S/C19H26N2.C18H25N2.C16H12.2ClH.Ru/c1-15-13-16(2)19(17(3)14-15)21-11-9-20(10-12-21)18-7-5-4-6-8-18;1-14-11-15(2)18(16(3)12-14)20-10-9-19(13-20)17-7-5-4-6-8-17;1-2-7-13(8-3-1)16-12-6-10-14-9-4-5-11-15(14)16;;;/h9-14,18H,4-8H2,1-3H3;9-13,17H,4-8H2,1-3H3;1-12H;2*1H;/q-2;-1;-2;;;+2/p-2. The Morgan fingerprint density at radius 3 is 1.73 bits per heavy atom. The van der Waals surface area contributed by atoms with Crippen molar-refractivity contribution in [1.29, 1.82) is 0 Å². The predicted molar refractivity (Wildman–Crippen MR) is 254 cm³/mol. The zero-order valence-corrected chi connectivity index (χ0v) is 39.7. The van der Waals surface area contributed by atoms with Gasteiger partial charge < -0.3 is 18.9 Å². The number of halogens is 2. The van der Waals surface area contributed by atoms with Crippen LogP contribution in [0.5, 0.6) is 0 Å². The minimum absolute atomic E-state index is 0.346. The Labute approximate surface area is 377 Å². The molecular weight excluding hydrogens is 865 g/mol. The first-order valence-electron chi connectivity index (χ1n) is 21.7. The zero-order chi connectivity index (χ0) is 42.4. The fourth-order valence-electron chi connectivity index (χ4n) is 9.52. The molecule has 9 rings (SSSR count). The Morgan fingerprint density at radius 2 is 1.15 bits per heavy atom. The molecular formula is C53H63Cl2N4Ru-5. The van der Waals surface area contributed by atoms with Gasteiger partial charge in [-0.05, 0) is 96.8 Å². The molecule has 60 heavy (non-hydrogen) atoms. The van der Waals surface area contributed by atoms with Crippen molar-refractivity contribution in [2.75, 3.05) is 4.90 Å². The number of anilines is 1. The summed E-state index contributed by atoms with van der Waals surface area (Å²) in [5, 5.41) is 0. The summed E-state index contributed by atoms with van der Waals surface area (Å²) in [4.78, 5) is 4.70. The van der Waals surface area contributed by atoms with Gasteiger partial charge >= 0.3 is 34.5 Å². The zero-order valence-electron chi connectivity index (χ0n) is 36.4. The number of nitrogens with zero attached hydrogens (tertiary/aromatic N) is 4. The summed E-state index contributed by atoms with van der Waals surface area (Å²) in [5.41, 5.74) is 15.9. The summed E-state index contributed by atoms with van der Waals surface area (Å²) >= 11 is -0.346. The number of fused-ring (bicyclic) bond motifs is 1. The number of allylic oxidation sites excluding steroid dienone is 1. The molecule has 0 atom stereocenters. The van der Waals surface area contributed by atoms with Crippen molar-refractivity contribution in [3.8, 4) is 5.69 Å². The van der Waals surface area contributed by atoms with Crippen LogP contribution in [0.25, 0.3) is 11.3 Å². The molecule has 4 aromatic carbocycles. The molecule has 7 heteroatoms. The second-order valence-electron chi connectivity index (χ2n) is 16.7. The summed E-state index contributed by atoms with van der Waals surface area (Å²) in [6.45, 7) is 15.4. The molecule has 0 N–H and O–H groups in total. The van der Waals surface area contributed by atoms with Gasteiger partial charge in [-0.25, -0.2) is 29.2 Å². The molecule has 322 valence electrons. The van der Waals surface area contributed by atoms with Gasteiger partial charge in [0.05, 0.1) is 0 Å². The topological polar surface area (TPSA) is 16.3 Å². The number of aromatic nitrogens is 2. The van der Waals surface area contributed by atoms with Gasteiger partial charge in [0.1, 0.15) is 0 Å². The van der Waals surface area contributed by atoms with Gasteiger partial charge in [0, 0.05) is 11.7 Å². The van der Waals surface area contributed by atoms with E-state index in [1.165, 1.54) is 131 Å². The van der Waals surface area contributed by atoms with E-state index in [2.05, 4.69) is 202 Å². The van der Waals surface area contributed by atoms with Crippen molar-refractivity contribution in [3.05, 3.63) is 192 Å². The number of aryl methyl sites for hydroxylation is 6. The first-order chi connectivity index (χ1) is 29.2. The summed E-state index contributed by atoms with van der Waals surface area (Å²) in [6.07, 6.45) is 33.5. The predicted octanol–water partition coefficient (Wildman–Crippen LogP) is 15.2. The molecule has 0 spiro atoms. The van der Waals surface area contributed by atoms with Crippen molar-refractivity contribution < 1.29 is 15.1 Å². The molecule has 0 bridgehead atoms. The number of benzene rings is 4. The normalized spacial score (nSPS) is 16.2. The third kappa shape index (κ3) is 12.1. The van der Waals surface area contributed by atoms with Crippen LogP contribution in [0.2, 0.25) is 0 Å². The van der Waals surface area contributed by atoms with Crippen LogP contribution in [0, 0.1) is 61.1 Å². The summed E-state index contributed by atoms with van der Waals surface area (Å²) in [6, 6.07) is 29.5. The van der Waals surface area contributed by atoms with Crippen molar-refractivity contribution >= 4 is 30.6 Å². The number of hydrogen-bond donors (Lipinski definition) is 0. The van der Waals surface area contributed by atoms with E-state index < -0.39 is 0 Å². The minimum atomic E-state index is -0.346. The van der Waals surface area contributed by atoms with Gasteiger partial charge in [0.2, 0.25) is 0 Å². The van der Waals surface area contributed by atoms with Crippen LogP contribution in [-0.4, -0.2) is 20.1 Å². The molecule has 1 aromatic heterocycles. The second-order valence-corrected chi connectivity index (χ2v) is 19.4. The molecule has 5 aromatic rings. The molecule has 0 unspecified atom stereocenters. The van der Waals surface area contributed by atoms with Crippen molar-refractivity contribution in [2.45, 2.75) is 118 Å². The van der Waals surface area contributed by atoms with E-state index in [9.17, 15) is 0 Å². The van der Waals surface area contributed by atoms with E-state index in [0.29, 0.717) is 12.1 Å². The van der Waals surface area contributed by atoms with Crippen molar-refractivity contribution in [2.24, 2.45) is 0 Å². The average molecular weight is 928 g/mol. The van der Waals surface area contributed by atoms with Crippen molar-refractivity contribution in [1.82, 2.24) is 14.0 Å². The Morgan fingerprint density at radius 1 is 0.600 bits per heavy atom. The number of hydrogen-bond acceptors (Lipinski definition) is 2. The first-order valence-corrected chi connectivity index (χ1v) is 26.2. The van der Waals surface area contributed by atoms with E-state index in [1.54, 1.807) is 0 Å². The molecule has 4 aliphatic rings.